The van der Waals surface area contributed by atoms with E-state index in [1.807, 2.05) is 89.5 Å². The Morgan fingerprint density at radius 1 is 0.833 bits per heavy atom. The molecular weight excluding hydrogens is 628 g/mol. The first kappa shape index (κ1) is 31.6. The van der Waals surface area contributed by atoms with Crippen molar-refractivity contribution >= 4 is 22.9 Å². The molecule has 0 aliphatic carbocycles. The lowest BCUT2D eigenvalue weighted by atomic mass is 9.80. The van der Waals surface area contributed by atoms with E-state index in [1.54, 1.807) is 38.7 Å². The van der Waals surface area contributed by atoms with E-state index in [0.717, 1.165) is 33.1 Å². The molecule has 0 unspecified atom stereocenters. The molecule has 4 aromatic carbocycles. The average molecular weight is 663 g/mol. The summed E-state index contributed by atoms with van der Waals surface area (Å²) in [6.07, 6.45) is 1.48. The van der Waals surface area contributed by atoms with Crippen LogP contribution in [0.4, 0.5) is 0 Å². The van der Waals surface area contributed by atoms with Gasteiger partial charge in [-0.1, -0.05) is 72.4 Å². The number of hydrogen-bond acceptors (Lipinski definition) is 10. The summed E-state index contributed by atoms with van der Waals surface area (Å²) >= 11 is 1.38. The van der Waals surface area contributed by atoms with Crippen LogP contribution >= 0.6 is 11.8 Å². The fourth-order valence-corrected chi connectivity index (χ4v) is 6.98. The van der Waals surface area contributed by atoms with Gasteiger partial charge in [0.15, 0.2) is 5.65 Å². The Bertz CT molecular complexity index is 1940. The Morgan fingerprint density at radius 3 is 2.15 bits per heavy atom. The van der Waals surface area contributed by atoms with Gasteiger partial charge in [-0.25, -0.2) is 15.0 Å². The molecule has 0 saturated carbocycles. The molecule has 3 atom stereocenters. The van der Waals surface area contributed by atoms with Crippen LogP contribution in [0, 0.1) is 0 Å². The van der Waals surface area contributed by atoms with E-state index < -0.39 is 24.0 Å². The highest BCUT2D eigenvalue weighted by atomic mass is 32.2. The van der Waals surface area contributed by atoms with Crippen molar-refractivity contribution in [3.05, 3.63) is 132 Å². The van der Waals surface area contributed by atoms with Crippen molar-refractivity contribution in [2.75, 3.05) is 20.8 Å². The number of fused-ring (bicyclic) bond motifs is 1. The van der Waals surface area contributed by atoms with Crippen LogP contribution in [-0.4, -0.2) is 62.8 Å². The number of phenolic OH excluding ortho intramolecular Hbond substituents is 1. The molecule has 7 rings (SSSR count). The zero-order valence-electron chi connectivity index (χ0n) is 26.3. The number of phenols is 1. The number of aliphatic hydroxyl groups excluding tert-OH is 1. The normalized spacial score (nSPS) is 17.9. The molecular formula is C37H34N4O6S. The number of nitrogens with zero attached hydrogens (tertiary/aromatic N) is 4. The van der Waals surface area contributed by atoms with Crippen molar-refractivity contribution in [2.45, 2.75) is 40.4 Å². The van der Waals surface area contributed by atoms with Gasteiger partial charge in [0.2, 0.25) is 0 Å². The minimum Gasteiger partial charge on any atom is -0.508 e. The Labute approximate surface area is 281 Å². The molecule has 11 heteroatoms. The number of ether oxygens (including phenoxy) is 4. The van der Waals surface area contributed by atoms with E-state index in [4.69, 9.17) is 18.9 Å². The van der Waals surface area contributed by atoms with Crippen LogP contribution in [0.5, 0.6) is 17.2 Å². The summed E-state index contributed by atoms with van der Waals surface area (Å²) < 4.78 is 26.2. The summed E-state index contributed by atoms with van der Waals surface area (Å²) in [5.74, 6) is 1.63. The number of benzene rings is 4. The van der Waals surface area contributed by atoms with Gasteiger partial charge >= 0.3 is 0 Å². The first-order chi connectivity index (χ1) is 23.5. The van der Waals surface area contributed by atoms with E-state index >= 15 is 0 Å². The van der Waals surface area contributed by atoms with Crippen LogP contribution in [-0.2, 0) is 15.1 Å². The number of aromatic nitrogens is 4. The van der Waals surface area contributed by atoms with Gasteiger partial charge in [-0.2, -0.15) is 0 Å². The lowest BCUT2D eigenvalue weighted by molar-refractivity contribution is -0.0931. The van der Waals surface area contributed by atoms with E-state index in [9.17, 15) is 10.2 Å². The summed E-state index contributed by atoms with van der Waals surface area (Å²) in [5.41, 5.74) is 2.83. The third-order valence-electron chi connectivity index (χ3n) is 8.51. The molecule has 1 fully saturated rings. The SMILES string of the molecule is COc1ccc(C(OC[C@H]2O[C@@H](n3cnc4c(Sc5cccc(O)c5)ncnc43)C[C@@H]2O)(c2ccccc2)c2ccc(OC)cc2)cc1. The predicted molar refractivity (Wildman–Crippen MR) is 180 cm³/mol. The van der Waals surface area contributed by atoms with Crippen LogP contribution in [0.3, 0.4) is 0 Å². The number of rotatable bonds is 11. The van der Waals surface area contributed by atoms with Gasteiger partial charge in [0.05, 0.1) is 33.3 Å². The minimum atomic E-state index is -1.05. The van der Waals surface area contributed by atoms with E-state index in [1.165, 1.54) is 18.1 Å². The Kier molecular flexibility index (Phi) is 9.00. The lowest BCUT2D eigenvalue weighted by Gasteiger charge is -2.37. The highest BCUT2D eigenvalue weighted by Gasteiger charge is 2.42. The van der Waals surface area contributed by atoms with Gasteiger partial charge in [-0.3, -0.25) is 4.57 Å². The molecule has 0 bridgehead atoms. The van der Waals surface area contributed by atoms with E-state index in [-0.39, 0.29) is 12.4 Å². The largest absolute Gasteiger partial charge is 0.508 e. The zero-order chi connectivity index (χ0) is 33.1. The van der Waals surface area contributed by atoms with Crippen molar-refractivity contribution in [3.63, 3.8) is 0 Å². The molecule has 2 N–H and O–H groups in total. The van der Waals surface area contributed by atoms with Crippen LogP contribution in [0.2, 0.25) is 0 Å². The summed E-state index contributed by atoms with van der Waals surface area (Å²) in [7, 11) is 3.28. The molecule has 2 aromatic heterocycles. The maximum absolute atomic E-state index is 11.3. The fraction of sp³-hybridized carbons (Fsp3) is 0.216. The van der Waals surface area contributed by atoms with Gasteiger partial charge in [-0.15, -0.1) is 0 Å². The molecule has 48 heavy (non-hydrogen) atoms. The smallest absolute Gasteiger partial charge is 0.166 e. The third kappa shape index (κ3) is 6.09. The highest BCUT2D eigenvalue weighted by molar-refractivity contribution is 7.99. The predicted octanol–water partition coefficient (Wildman–Crippen LogP) is 6.36. The van der Waals surface area contributed by atoms with Crippen molar-refractivity contribution in [1.82, 2.24) is 19.5 Å². The van der Waals surface area contributed by atoms with Crippen molar-refractivity contribution < 1.29 is 29.2 Å². The van der Waals surface area contributed by atoms with Crippen molar-refractivity contribution in [3.8, 4) is 17.2 Å². The third-order valence-corrected chi connectivity index (χ3v) is 9.49. The number of imidazole rings is 1. The van der Waals surface area contributed by atoms with Crippen molar-refractivity contribution in [1.29, 1.82) is 0 Å². The molecule has 3 heterocycles. The summed E-state index contributed by atoms with van der Waals surface area (Å²) in [6, 6.07) is 32.6. The average Bonchev–Trinajstić information content (AvgIpc) is 3.73. The summed E-state index contributed by atoms with van der Waals surface area (Å²) in [6.45, 7) is 0.0881. The summed E-state index contributed by atoms with van der Waals surface area (Å²) in [5, 5.41) is 21.9. The van der Waals surface area contributed by atoms with Gasteiger partial charge < -0.3 is 29.2 Å². The molecule has 10 nitrogen and oxygen atoms in total. The Balaban J connectivity index is 1.19. The number of hydrogen-bond donors (Lipinski definition) is 2. The topological polar surface area (TPSA) is 121 Å². The minimum absolute atomic E-state index is 0.0881. The maximum atomic E-state index is 11.3. The number of aliphatic hydroxyl groups is 1. The lowest BCUT2D eigenvalue weighted by Crippen LogP contribution is -2.38. The second kappa shape index (κ2) is 13.7. The molecule has 1 aliphatic rings. The molecule has 0 spiro atoms. The molecule has 1 saturated heterocycles. The van der Waals surface area contributed by atoms with Crippen LogP contribution < -0.4 is 9.47 Å². The van der Waals surface area contributed by atoms with E-state index in [0.29, 0.717) is 22.6 Å². The molecule has 1 aliphatic heterocycles. The first-order valence-electron chi connectivity index (χ1n) is 15.4. The maximum Gasteiger partial charge on any atom is 0.166 e. The summed E-state index contributed by atoms with van der Waals surface area (Å²) in [4.78, 5) is 14.4. The molecule has 0 amide bonds. The quantitative estimate of drug-likeness (QED) is 0.120. The second-order valence-corrected chi connectivity index (χ2v) is 12.4. The van der Waals surface area contributed by atoms with Crippen molar-refractivity contribution in [2.24, 2.45) is 0 Å². The van der Waals surface area contributed by atoms with Gasteiger partial charge in [0.1, 0.15) is 52.1 Å². The van der Waals surface area contributed by atoms with Crippen LogP contribution in [0.1, 0.15) is 29.3 Å². The monoisotopic (exact) mass is 662 g/mol. The van der Waals surface area contributed by atoms with Gasteiger partial charge in [-0.05, 0) is 59.2 Å². The first-order valence-corrected chi connectivity index (χ1v) is 16.3. The zero-order valence-corrected chi connectivity index (χ0v) is 27.2. The molecule has 6 aromatic rings. The Hall–Kier alpha value is -4.94. The van der Waals surface area contributed by atoms with Gasteiger partial charge in [0, 0.05) is 11.3 Å². The van der Waals surface area contributed by atoms with E-state index in [2.05, 4.69) is 15.0 Å². The Morgan fingerprint density at radius 2 is 1.50 bits per heavy atom. The number of methoxy groups -OCH3 is 2. The molecule has 0 radical (unpaired) electrons. The second-order valence-electron chi connectivity index (χ2n) is 11.3. The standard InChI is InChI=1S/C37H34N4O6S/c1-44-28-15-11-25(12-16-28)37(24-7-4-3-5-8-24,26-13-17-29(45-2)18-14-26)46-21-32-31(43)20-33(47-32)41-23-40-34-35(41)38-22-39-36(34)48-30-10-6-9-27(42)19-30/h3-19,22-23,31-33,42-43H,20-21H2,1-2H3/t31-,32+,33+/m0/s1. The van der Waals surface area contributed by atoms with Crippen LogP contribution in [0.15, 0.2) is 126 Å². The molecule has 244 valence electrons. The highest BCUT2D eigenvalue weighted by Crippen LogP contribution is 2.43. The number of aromatic hydroxyl groups is 1. The van der Waals surface area contributed by atoms with Crippen LogP contribution in [0.25, 0.3) is 11.2 Å². The fourth-order valence-electron chi connectivity index (χ4n) is 6.09. The van der Waals surface area contributed by atoms with Gasteiger partial charge in [0.25, 0.3) is 0 Å².